The minimum atomic E-state index is -3.58. The number of halogens is 1. The van der Waals surface area contributed by atoms with E-state index in [0.717, 1.165) is 0 Å². The summed E-state index contributed by atoms with van der Waals surface area (Å²) in [6, 6.07) is 4.06. The molecule has 18 heavy (non-hydrogen) atoms. The van der Waals surface area contributed by atoms with Gasteiger partial charge in [0, 0.05) is 17.5 Å². The monoisotopic (exact) mass is 291 g/mol. The highest BCUT2D eigenvalue weighted by Gasteiger charge is 2.27. The fraction of sp³-hybridized carbons (Fsp3) is 0.455. The summed E-state index contributed by atoms with van der Waals surface area (Å²) < 4.78 is 24.5. The van der Waals surface area contributed by atoms with Crippen molar-refractivity contribution in [2.45, 2.75) is 30.4 Å². The van der Waals surface area contributed by atoms with Crippen molar-refractivity contribution >= 4 is 27.1 Å². The topological polar surface area (TPSA) is 77.3 Å². The van der Waals surface area contributed by atoms with E-state index in [1.807, 2.05) is 0 Å². The van der Waals surface area contributed by atoms with Gasteiger partial charge in [0.05, 0.1) is 15.1 Å². The summed E-state index contributed by atoms with van der Waals surface area (Å²) in [5.41, 5.74) is -0.0157. The molecular formula is C11H14ClNO4S. The van der Waals surface area contributed by atoms with Gasteiger partial charge in [0.25, 0.3) is 5.69 Å². The molecule has 0 aliphatic carbocycles. The lowest BCUT2D eigenvalue weighted by Crippen LogP contribution is -2.19. The van der Waals surface area contributed by atoms with E-state index in [9.17, 15) is 18.5 Å². The third-order valence-electron chi connectivity index (χ3n) is 2.80. The first-order chi connectivity index (χ1) is 8.32. The van der Waals surface area contributed by atoms with Crippen molar-refractivity contribution in [1.29, 1.82) is 0 Å². The zero-order valence-electron chi connectivity index (χ0n) is 10.1. The summed E-state index contributed by atoms with van der Waals surface area (Å²) in [5, 5.41) is 10.1. The van der Waals surface area contributed by atoms with Crippen LogP contribution in [0.1, 0.15) is 18.9 Å². The van der Waals surface area contributed by atoms with E-state index in [1.165, 1.54) is 25.1 Å². The summed E-state index contributed by atoms with van der Waals surface area (Å²) in [6.45, 7) is 2.99. The molecular weight excluding hydrogens is 278 g/mol. The Hall–Kier alpha value is -1.14. The number of benzene rings is 1. The molecule has 5 nitrogen and oxygen atoms in total. The predicted octanol–water partition coefficient (Wildman–Crippen LogP) is 2.69. The maximum atomic E-state index is 12.2. The predicted molar refractivity (Wildman–Crippen MR) is 69.8 cm³/mol. The Bertz CT molecular complexity index is 556. The van der Waals surface area contributed by atoms with E-state index in [1.54, 1.807) is 6.92 Å². The molecule has 0 amide bonds. The molecule has 0 saturated heterocycles. The molecule has 0 spiro atoms. The third kappa shape index (κ3) is 2.81. The van der Waals surface area contributed by atoms with Gasteiger partial charge in [-0.15, -0.1) is 11.6 Å². The van der Waals surface area contributed by atoms with Crippen molar-refractivity contribution in [1.82, 2.24) is 0 Å². The second-order valence-corrected chi connectivity index (χ2v) is 6.70. The Labute approximate surface area is 111 Å². The molecule has 1 unspecified atom stereocenters. The molecule has 0 N–H and O–H groups in total. The average molecular weight is 292 g/mol. The quantitative estimate of drug-likeness (QED) is 0.475. The Kier molecular flexibility index (Phi) is 4.70. The van der Waals surface area contributed by atoms with Crippen LogP contribution < -0.4 is 0 Å². The number of rotatable bonds is 5. The fourth-order valence-electron chi connectivity index (χ4n) is 1.63. The van der Waals surface area contributed by atoms with E-state index < -0.39 is 20.0 Å². The van der Waals surface area contributed by atoms with Crippen molar-refractivity contribution in [3.8, 4) is 0 Å². The molecule has 0 saturated carbocycles. The Balaban J connectivity index is 3.34. The zero-order chi connectivity index (χ0) is 13.9. The van der Waals surface area contributed by atoms with Gasteiger partial charge in [0.15, 0.2) is 9.84 Å². The average Bonchev–Trinajstić information content (AvgIpc) is 2.28. The van der Waals surface area contributed by atoms with Crippen LogP contribution in [-0.4, -0.2) is 24.5 Å². The van der Waals surface area contributed by atoms with Crippen LogP contribution in [0.5, 0.6) is 0 Å². The van der Waals surface area contributed by atoms with Crippen LogP contribution in [0.3, 0.4) is 0 Å². The lowest BCUT2D eigenvalue weighted by Gasteiger charge is -2.13. The number of alkyl halides is 1. The zero-order valence-corrected chi connectivity index (χ0v) is 11.7. The number of nitrogens with zero attached hydrogens (tertiary/aromatic N) is 1. The van der Waals surface area contributed by atoms with E-state index in [4.69, 9.17) is 11.6 Å². The first kappa shape index (κ1) is 14.9. The first-order valence-corrected chi connectivity index (χ1v) is 7.44. The molecule has 1 aromatic rings. The molecule has 0 aliphatic rings. The second kappa shape index (κ2) is 5.67. The van der Waals surface area contributed by atoms with Crippen molar-refractivity contribution in [3.05, 3.63) is 33.9 Å². The third-order valence-corrected chi connectivity index (χ3v) is 5.37. The Morgan fingerprint density at radius 3 is 2.56 bits per heavy atom. The van der Waals surface area contributed by atoms with Crippen LogP contribution in [-0.2, 0) is 9.84 Å². The largest absolute Gasteiger partial charge is 0.273 e. The Morgan fingerprint density at radius 1 is 1.44 bits per heavy atom. The van der Waals surface area contributed by atoms with Crippen molar-refractivity contribution in [3.63, 3.8) is 0 Å². The lowest BCUT2D eigenvalue weighted by atomic mass is 10.2. The van der Waals surface area contributed by atoms with Gasteiger partial charge in [-0.2, -0.15) is 0 Å². The normalized spacial score (nSPS) is 13.3. The molecule has 0 fully saturated rings. The Morgan fingerprint density at radius 2 is 2.06 bits per heavy atom. The molecule has 1 rings (SSSR count). The highest BCUT2D eigenvalue weighted by atomic mass is 35.5. The van der Waals surface area contributed by atoms with Gasteiger partial charge in [-0.25, -0.2) is 8.42 Å². The van der Waals surface area contributed by atoms with Gasteiger partial charge < -0.3 is 0 Å². The SMILES string of the molecule is Cc1c([N+](=O)[O-])cccc1S(=O)(=O)C(C)CCCl. The molecule has 0 aliphatic heterocycles. The molecule has 1 atom stereocenters. The first-order valence-electron chi connectivity index (χ1n) is 5.36. The molecule has 0 heterocycles. The molecule has 0 bridgehead atoms. The van der Waals surface area contributed by atoms with Crippen LogP contribution in [0.2, 0.25) is 0 Å². The summed E-state index contributed by atoms with van der Waals surface area (Å²) in [7, 11) is -3.58. The van der Waals surface area contributed by atoms with Crippen LogP contribution in [0.25, 0.3) is 0 Å². The number of nitro benzene ring substituents is 1. The molecule has 1 aromatic carbocycles. The number of hydrogen-bond acceptors (Lipinski definition) is 4. The molecule has 7 heteroatoms. The van der Waals surface area contributed by atoms with Gasteiger partial charge in [-0.3, -0.25) is 10.1 Å². The number of nitro groups is 1. The maximum absolute atomic E-state index is 12.2. The summed E-state index contributed by atoms with van der Waals surface area (Å²) in [4.78, 5) is 10.2. The lowest BCUT2D eigenvalue weighted by molar-refractivity contribution is -0.385. The summed E-state index contributed by atoms with van der Waals surface area (Å²) in [5.74, 6) is 0.231. The minimum Gasteiger partial charge on any atom is -0.258 e. The van der Waals surface area contributed by atoms with Gasteiger partial charge in [0.1, 0.15) is 0 Å². The van der Waals surface area contributed by atoms with E-state index in [0.29, 0.717) is 6.42 Å². The smallest absolute Gasteiger partial charge is 0.258 e. The highest BCUT2D eigenvalue weighted by Crippen LogP contribution is 2.28. The molecule has 0 radical (unpaired) electrons. The van der Waals surface area contributed by atoms with Crippen molar-refractivity contribution in [2.75, 3.05) is 5.88 Å². The van der Waals surface area contributed by atoms with Gasteiger partial charge in [-0.1, -0.05) is 6.07 Å². The van der Waals surface area contributed by atoms with Crippen LogP contribution >= 0.6 is 11.6 Å². The van der Waals surface area contributed by atoms with Crippen molar-refractivity contribution < 1.29 is 13.3 Å². The number of hydrogen-bond donors (Lipinski definition) is 0. The van der Waals surface area contributed by atoms with E-state index in [-0.39, 0.29) is 22.0 Å². The maximum Gasteiger partial charge on any atom is 0.273 e. The van der Waals surface area contributed by atoms with Gasteiger partial charge in [-0.05, 0) is 26.3 Å². The molecule has 0 aromatic heterocycles. The fourth-order valence-corrected chi connectivity index (χ4v) is 3.75. The summed E-state index contributed by atoms with van der Waals surface area (Å²) in [6.07, 6.45) is 0.312. The van der Waals surface area contributed by atoms with Gasteiger partial charge >= 0.3 is 0 Å². The highest BCUT2D eigenvalue weighted by molar-refractivity contribution is 7.92. The van der Waals surface area contributed by atoms with E-state index in [2.05, 4.69) is 0 Å². The van der Waals surface area contributed by atoms with Crippen molar-refractivity contribution in [2.24, 2.45) is 0 Å². The van der Waals surface area contributed by atoms with Crippen LogP contribution in [0, 0.1) is 17.0 Å². The number of sulfone groups is 1. The van der Waals surface area contributed by atoms with Crippen LogP contribution in [0.15, 0.2) is 23.1 Å². The van der Waals surface area contributed by atoms with Gasteiger partial charge in [0.2, 0.25) is 0 Å². The van der Waals surface area contributed by atoms with Crippen LogP contribution in [0.4, 0.5) is 5.69 Å². The standard InChI is InChI=1S/C11H14ClNO4S/c1-8(6-7-12)18(16,17)11-5-3-4-10(9(11)2)13(14)15/h3-5,8H,6-7H2,1-2H3. The second-order valence-electron chi connectivity index (χ2n) is 3.99. The minimum absolute atomic E-state index is 0.00863. The molecule has 100 valence electrons. The van der Waals surface area contributed by atoms with E-state index >= 15 is 0 Å². The summed E-state index contributed by atoms with van der Waals surface area (Å²) >= 11 is 5.54.